The van der Waals surface area contributed by atoms with Crippen LogP contribution in [0.25, 0.3) is 0 Å². The summed E-state index contributed by atoms with van der Waals surface area (Å²) >= 11 is 0. The molecular weight excluding hydrogens is 925 g/mol. The number of carbonyl (C=O) groups excluding carboxylic acids is 3. The van der Waals surface area contributed by atoms with E-state index in [0.717, 1.165) is 96.3 Å². The maximum absolute atomic E-state index is 13.1. The van der Waals surface area contributed by atoms with E-state index in [2.05, 4.69) is 57.2 Å². The standard InChI is InChI=1S/C61H108O12/c1-4-7-10-13-16-19-22-25-26-27-28-31-32-35-38-41-44-47-53(62)69-50-52(71-54(63)48-45-42-39-36-33-29-23-20-17-14-11-8-5-2)51-70-61-59(57(66)56(65)58(73-61)60(67)68)72-55(64)49-46-43-40-37-34-30-24-21-18-15-12-9-6-3/h16,19,21,24-26,52,56-59,61,65-66H,4-15,17-18,20,22-23,27-51H2,1-3H3,(H,67,68)/b19-16-,24-21-,26-25-. The van der Waals surface area contributed by atoms with Crippen molar-refractivity contribution in [2.45, 2.75) is 314 Å². The first-order valence-electron chi connectivity index (χ1n) is 30.0. The van der Waals surface area contributed by atoms with Gasteiger partial charge in [-0.2, -0.15) is 0 Å². The second-order valence-electron chi connectivity index (χ2n) is 20.6. The maximum atomic E-state index is 13.1. The lowest BCUT2D eigenvalue weighted by Gasteiger charge is -2.40. The summed E-state index contributed by atoms with van der Waals surface area (Å²) in [5, 5.41) is 31.4. The Bertz CT molecular complexity index is 1410. The van der Waals surface area contributed by atoms with Crippen LogP contribution in [-0.4, -0.2) is 89.2 Å². The van der Waals surface area contributed by atoms with Gasteiger partial charge in [-0.05, 0) is 77.0 Å². The van der Waals surface area contributed by atoms with Gasteiger partial charge in [-0.15, -0.1) is 0 Å². The average Bonchev–Trinajstić information content (AvgIpc) is 3.37. The Kier molecular flexibility index (Phi) is 46.4. The van der Waals surface area contributed by atoms with Gasteiger partial charge in [0.25, 0.3) is 0 Å². The number of carboxylic acids is 1. The largest absolute Gasteiger partial charge is 0.479 e. The van der Waals surface area contributed by atoms with E-state index in [-0.39, 0.29) is 25.9 Å². The molecule has 6 unspecified atom stereocenters. The Morgan fingerprint density at radius 2 is 0.822 bits per heavy atom. The molecule has 1 aliphatic rings. The van der Waals surface area contributed by atoms with Crippen molar-refractivity contribution in [3.63, 3.8) is 0 Å². The molecule has 3 N–H and O–H groups in total. The first-order valence-corrected chi connectivity index (χ1v) is 30.0. The van der Waals surface area contributed by atoms with Crippen LogP contribution in [0.15, 0.2) is 36.5 Å². The SMILES string of the molecule is CCCCC/C=C\C/C=C\CCCCCCCCCC(=O)OCC(COC1OC(C(=O)O)C(O)C(O)C1OC(=O)CCCCCCC/C=C\CCCCCC)OC(=O)CCCCCCCCCCCCCCC. The van der Waals surface area contributed by atoms with Gasteiger partial charge >= 0.3 is 23.9 Å². The quantitative estimate of drug-likeness (QED) is 0.0228. The molecular formula is C61H108O12. The summed E-state index contributed by atoms with van der Waals surface area (Å²) in [6, 6.07) is 0. The summed E-state index contributed by atoms with van der Waals surface area (Å²) in [4.78, 5) is 51.1. The van der Waals surface area contributed by atoms with Gasteiger partial charge < -0.3 is 39.0 Å². The molecule has 1 saturated heterocycles. The van der Waals surface area contributed by atoms with Crippen molar-refractivity contribution >= 4 is 23.9 Å². The molecule has 73 heavy (non-hydrogen) atoms. The van der Waals surface area contributed by atoms with E-state index in [0.29, 0.717) is 19.3 Å². The minimum atomic E-state index is -1.90. The van der Waals surface area contributed by atoms with E-state index < -0.39 is 67.3 Å². The molecule has 0 saturated carbocycles. The average molecular weight is 1030 g/mol. The number of unbranched alkanes of at least 4 members (excludes halogenated alkanes) is 31. The summed E-state index contributed by atoms with van der Waals surface area (Å²) in [6.07, 6.45) is 45.4. The molecule has 1 rings (SSSR count). The van der Waals surface area contributed by atoms with Crippen LogP contribution in [0.4, 0.5) is 0 Å². The zero-order valence-corrected chi connectivity index (χ0v) is 46.6. The van der Waals surface area contributed by atoms with Crippen molar-refractivity contribution in [3.8, 4) is 0 Å². The summed E-state index contributed by atoms with van der Waals surface area (Å²) in [7, 11) is 0. The lowest BCUT2D eigenvalue weighted by molar-refractivity contribution is -0.301. The fraction of sp³-hybridized carbons (Fsp3) is 0.836. The molecule has 0 aromatic heterocycles. The Hall–Kier alpha value is -3.06. The van der Waals surface area contributed by atoms with E-state index in [9.17, 15) is 34.5 Å². The molecule has 0 spiro atoms. The van der Waals surface area contributed by atoms with Crippen LogP contribution in [0.3, 0.4) is 0 Å². The predicted octanol–water partition coefficient (Wildman–Crippen LogP) is 15.2. The number of esters is 3. The van der Waals surface area contributed by atoms with Crippen molar-refractivity contribution < 1.29 is 58.2 Å². The summed E-state index contributed by atoms with van der Waals surface area (Å²) in [6.45, 7) is 5.96. The van der Waals surface area contributed by atoms with E-state index in [1.807, 2.05) is 0 Å². The van der Waals surface area contributed by atoms with Gasteiger partial charge in [0.2, 0.25) is 0 Å². The van der Waals surface area contributed by atoms with Crippen LogP contribution in [-0.2, 0) is 42.9 Å². The maximum Gasteiger partial charge on any atom is 0.335 e. The number of allylic oxidation sites excluding steroid dienone is 6. The normalized spacial score (nSPS) is 18.5. The molecule has 0 amide bonds. The number of ether oxygens (including phenoxy) is 5. The lowest BCUT2D eigenvalue weighted by atomic mass is 9.98. The van der Waals surface area contributed by atoms with Crippen LogP contribution in [0, 0.1) is 0 Å². The second kappa shape index (κ2) is 49.8. The Balaban J connectivity index is 2.68. The molecule has 0 aromatic rings. The molecule has 0 aromatic carbocycles. The molecule has 12 heteroatoms. The third-order valence-corrected chi connectivity index (χ3v) is 13.7. The first-order chi connectivity index (χ1) is 35.6. The molecule has 0 aliphatic carbocycles. The predicted molar refractivity (Wildman–Crippen MR) is 294 cm³/mol. The van der Waals surface area contributed by atoms with Crippen molar-refractivity contribution in [2.75, 3.05) is 13.2 Å². The molecule has 0 bridgehead atoms. The molecule has 1 fully saturated rings. The number of carboxylic acid groups (broad SMARTS) is 1. The van der Waals surface area contributed by atoms with Crippen LogP contribution in [0.1, 0.15) is 278 Å². The Labute approximate surface area is 444 Å². The van der Waals surface area contributed by atoms with Crippen LogP contribution in [0.5, 0.6) is 0 Å². The minimum Gasteiger partial charge on any atom is -0.479 e. The van der Waals surface area contributed by atoms with Crippen molar-refractivity contribution in [2.24, 2.45) is 0 Å². The third kappa shape index (κ3) is 39.9. The highest BCUT2D eigenvalue weighted by molar-refractivity contribution is 5.74. The number of hydrogen-bond donors (Lipinski definition) is 3. The monoisotopic (exact) mass is 1030 g/mol. The van der Waals surface area contributed by atoms with Gasteiger partial charge in [-0.25, -0.2) is 4.79 Å². The number of aliphatic carboxylic acids is 1. The smallest absolute Gasteiger partial charge is 0.335 e. The zero-order chi connectivity index (χ0) is 53.3. The van der Waals surface area contributed by atoms with Gasteiger partial charge in [0, 0.05) is 19.3 Å². The molecule has 6 atom stereocenters. The van der Waals surface area contributed by atoms with E-state index in [1.165, 1.54) is 122 Å². The summed E-state index contributed by atoms with van der Waals surface area (Å²) < 4.78 is 28.4. The molecule has 1 heterocycles. The number of aliphatic hydroxyl groups excluding tert-OH is 2. The van der Waals surface area contributed by atoms with Crippen LogP contribution in [0.2, 0.25) is 0 Å². The van der Waals surface area contributed by atoms with Gasteiger partial charge in [-0.1, -0.05) is 218 Å². The van der Waals surface area contributed by atoms with Crippen molar-refractivity contribution in [1.82, 2.24) is 0 Å². The number of aliphatic hydroxyl groups is 2. The first kappa shape index (κ1) is 68.0. The highest BCUT2D eigenvalue weighted by Crippen LogP contribution is 2.26. The van der Waals surface area contributed by atoms with Gasteiger partial charge in [0.15, 0.2) is 24.6 Å². The lowest BCUT2D eigenvalue weighted by Crippen LogP contribution is -2.61. The Morgan fingerprint density at radius 1 is 0.452 bits per heavy atom. The van der Waals surface area contributed by atoms with E-state index in [1.54, 1.807) is 0 Å². The fourth-order valence-corrected chi connectivity index (χ4v) is 9.04. The van der Waals surface area contributed by atoms with Gasteiger partial charge in [-0.3, -0.25) is 14.4 Å². The highest BCUT2D eigenvalue weighted by Gasteiger charge is 2.50. The van der Waals surface area contributed by atoms with Crippen LogP contribution < -0.4 is 0 Å². The topological polar surface area (TPSA) is 175 Å². The highest BCUT2D eigenvalue weighted by atomic mass is 16.7. The van der Waals surface area contributed by atoms with Crippen molar-refractivity contribution in [1.29, 1.82) is 0 Å². The number of rotatable bonds is 51. The van der Waals surface area contributed by atoms with E-state index >= 15 is 0 Å². The van der Waals surface area contributed by atoms with Crippen LogP contribution >= 0.6 is 0 Å². The van der Waals surface area contributed by atoms with Gasteiger partial charge in [0.1, 0.15) is 18.8 Å². The third-order valence-electron chi connectivity index (χ3n) is 13.7. The molecule has 0 radical (unpaired) electrons. The molecule has 12 nitrogen and oxygen atoms in total. The Morgan fingerprint density at radius 3 is 1.29 bits per heavy atom. The minimum absolute atomic E-state index is 0.0526. The summed E-state index contributed by atoms with van der Waals surface area (Å²) in [5.41, 5.74) is 0. The fourth-order valence-electron chi connectivity index (χ4n) is 9.04. The number of carbonyl (C=O) groups is 4. The molecule has 1 aliphatic heterocycles. The number of hydrogen-bond acceptors (Lipinski definition) is 11. The van der Waals surface area contributed by atoms with Crippen molar-refractivity contribution in [3.05, 3.63) is 36.5 Å². The van der Waals surface area contributed by atoms with Gasteiger partial charge in [0.05, 0.1) is 6.61 Å². The van der Waals surface area contributed by atoms with E-state index in [4.69, 9.17) is 23.7 Å². The summed E-state index contributed by atoms with van der Waals surface area (Å²) in [5.74, 6) is -3.12. The second-order valence-corrected chi connectivity index (χ2v) is 20.6. The molecule has 424 valence electrons. The zero-order valence-electron chi connectivity index (χ0n) is 46.6.